The third kappa shape index (κ3) is 3.74. The van der Waals surface area contributed by atoms with Crippen molar-refractivity contribution in [2.45, 2.75) is 63.6 Å². The van der Waals surface area contributed by atoms with Gasteiger partial charge < -0.3 is 14.4 Å². The smallest absolute Gasteiger partial charge is 0.159 e. The first kappa shape index (κ1) is 21.7. The highest BCUT2D eigenvalue weighted by atomic mass is 16.5. The highest BCUT2D eigenvalue weighted by Gasteiger charge is 2.38. The minimum absolute atomic E-state index is 0.414. The molecule has 2 atom stereocenters. The van der Waals surface area contributed by atoms with Crippen LogP contribution in [0.3, 0.4) is 0 Å². The van der Waals surface area contributed by atoms with Gasteiger partial charge in [-0.15, -0.1) is 0 Å². The van der Waals surface area contributed by atoms with Crippen molar-refractivity contribution in [3.63, 3.8) is 0 Å². The maximum atomic E-state index is 5.80. The number of hydrogen-bond acceptors (Lipinski definition) is 7. The van der Waals surface area contributed by atoms with E-state index in [1.807, 2.05) is 17.8 Å². The first-order valence-corrected chi connectivity index (χ1v) is 13.2. The van der Waals surface area contributed by atoms with Crippen LogP contribution in [-0.4, -0.2) is 82.3 Å². The molecule has 0 spiro atoms. The van der Waals surface area contributed by atoms with Gasteiger partial charge in [0.05, 0.1) is 56.3 Å². The van der Waals surface area contributed by atoms with Crippen LogP contribution in [0.5, 0.6) is 0 Å². The van der Waals surface area contributed by atoms with E-state index >= 15 is 0 Å². The van der Waals surface area contributed by atoms with Crippen LogP contribution in [0.2, 0.25) is 0 Å². The molecule has 0 amide bonds. The second-order valence-electron chi connectivity index (χ2n) is 10.8. The molecule has 0 saturated carbocycles. The summed E-state index contributed by atoms with van der Waals surface area (Å²) in [4.78, 5) is 14.7. The summed E-state index contributed by atoms with van der Waals surface area (Å²) in [5.74, 6) is 3.23. The van der Waals surface area contributed by atoms with Crippen LogP contribution in [-0.2, 0) is 9.47 Å². The Morgan fingerprint density at radius 3 is 2.20 bits per heavy atom. The van der Waals surface area contributed by atoms with Crippen LogP contribution in [0.25, 0.3) is 16.7 Å². The molecule has 0 aliphatic carbocycles. The van der Waals surface area contributed by atoms with Crippen molar-refractivity contribution in [2.24, 2.45) is 0 Å². The Morgan fingerprint density at radius 1 is 0.800 bits per heavy atom. The first-order valence-electron chi connectivity index (χ1n) is 13.2. The van der Waals surface area contributed by atoms with E-state index in [0.29, 0.717) is 24.0 Å². The van der Waals surface area contributed by atoms with Gasteiger partial charge in [-0.2, -0.15) is 5.10 Å². The molecule has 4 fully saturated rings. The molecule has 4 saturated heterocycles. The minimum atomic E-state index is 0.414. The second kappa shape index (κ2) is 8.54. The van der Waals surface area contributed by atoms with Crippen molar-refractivity contribution < 1.29 is 9.47 Å². The highest BCUT2D eigenvalue weighted by molar-refractivity contribution is 5.82. The quantitative estimate of drug-likeness (QED) is 0.574. The van der Waals surface area contributed by atoms with Crippen LogP contribution < -0.4 is 4.90 Å². The Kier molecular flexibility index (Phi) is 5.29. The van der Waals surface area contributed by atoms with Crippen LogP contribution in [0.4, 0.5) is 5.82 Å². The van der Waals surface area contributed by atoms with E-state index in [0.717, 1.165) is 62.5 Å². The number of anilines is 1. The predicted molar refractivity (Wildman–Crippen MR) is 134 cm³/mol. The molecule has 184 valence electrons. The largest absolute Gasteiger partial charge is 0.378 e. The average molecular weight is 475 g/mol. The van der Waals surface area contributed by atoms with Crippen molar-refractivity contribution in [3.8, 4) is 5.82 Å². The lowest BCUT2D eigenvalue weighted by molar-refractivity contribution is -0.0712. The summed E-state index contributed by atoms with van der Waals surface area (Å²) in [5.41, 5.74) is 3.96. The zero-order valence-electron chi connectivity index (χ0n) is 20.7. The van der Waals surface area contributed by atoms with Crippen molar-refractivity contribution in [3.05, 3.63) is 41.3 Å². The number of benzene rings is 1. The van der Waals surface area contributed by atoms with Gasteiger partial charge in [0.2, 0.25) is 0 Å². The SMILES string of the molecule is Cc1nc(N2C3CCC2COC3)cc(-n2ncc3cc(C)c(C4CCN(C5COC5)CC4)cc32)n1. The van der Waals surface area contributed by atoms with Crippen LogP contribution >= 0.6 is 0 Å². The fraction of sp³-hybridized carbons (Fsp3) is 0.593. The third-order valence-electron chi connectivity index (χ3n) is 8.59. The van der Waals surface area contributed by atoms with E-state index in [-0.39, 0.29) is 0 Å². The fourth-order valence-electron chi connectivity index (χ4n) is 6.62. The van der Waals surface area contributed by atoms with E-state index in [1.165, 1.54) is 42.2 Å². The number of fused-ring (bicyclic) bond motifs is 3. The van der Waals surface area contributed by atoms with Crippen molar-refractivity contribution in [1.29, 1.82) is 0 Å². The van der Waals surface area contributed by atoms with E-state index in [2.05, 4.69) is 34.9 Å². The first-order chi connectivity index (χ1) is 17.1. The molecule has 8 nitrogen and oxygen atoms in total. The maximum Gasteiger partial charge on any atom is 0.159 e. The van der Waals surface area contributed by atoms with Gasteiger partial charge in [0.25, 0.3) is 0 Å². The lowest BCUT2D eigenvalue weighted by Gasteiger charge is -2.41. The normalized spacial score (nSPS) is 25.9. The lowest BCUT2D eigenvalue weighted by Crippen LogP contribution is -2.51. The number of ether oxygens (including phenoxy) is 2. The predicted octanol–water partition coefficient (Wildman–Crippen LogP) is 3.38. The zero-order valence-corrected chi connectivity index (χ0v) is 20.7. The molecular weight excluding hydrogens is 440 g/mol. The Balaban J connectivity index is 1.21. The Hall–Kier alpha value is -2.55. The number of piperidine rings is 1. The van der Waals surface area contributed by atoms with Crippen LogP contribution in [0.15, 0.2) is 24.4 Å². The van der Waals surface area contributed by atoms with Crippen LogP contribution in [0.1, 0.15) is 48.6 Å². The molecular formula is C27H34N6O2. The summed E-state index contributed by atoms with van der Waals surface area (Å²) in [7, 11) is 0. The molecule has 4 aliphatic rings. The number of nitrogens with zero attached hydrogens (tertiary/aromatic N) is 6. The molecule has 7 rings (SSSR count). The molecule has 8 heteroatoms. The van der Waals surface area contributed by atoms with Gasteiger partial charge in [-0.05, 0) is 81.8 Å². The van der Waals surface area contributed by atoms with E-state index in [9.17, 15) is 0 Å². The Morgan fingerprint density at radius 2 is 1.49 bits per heavy atom. The Bertz CT molecular complexity index is 1230. The van der Waals surface area contributed by atoms with Crippen molar-refractivity contribution in [1.82, 2.24) is 24.6 Å². The van der Waals surface area contributed by atoms with Crippen molar-refractivity contribution >= 4 is 16.7 Å². The van der Waals surface area contributed by atoms with E-state index < -0.39 is 0 Å². The van der Waals surface area contributed by atoms with Crippen LogP contribution in [0, 0.1) is 13.8 Å². The summed E-state index contributed by atoms with van der Waals surface area (Å²) in [6.07, 6.45) is 6.72. The van der Waals surface area contributed by atoms with Gasteiger partial charge >= 0.3 is 0 Å². The number of rotatable bonds is 4. The molecule has 2 aromatic heterocycles. The number of aromatic nitrogens is 4. The molecule has 0 N–H and O–H groups in total. The second-order valence-corrected chi connectivity index (χ2v) is 10.8. The molecule has 2 bridgehead atoms. The summed E-state index contributed by atoms with van der Waals surface area (Å²) in [6, 6.07) is 8.26. The number of aryl methyl sites for hydroxylation is 2. The summed E-state index contributed by atoms with van der Waals surface area (Å²) < 4.78 is 13.2. The molecule has 2 unspecified atom stereocenters. The Labute approximate surface area is 206 Å². The monoisotopic (exact) mass is 474 g/mol. The minimum Gasteiger partial charge on any atom is -0.378 e. The summed E-state index contributed by atoms with van der Waals surface area (Å²) >= 11 is 0. The van der Waals surface area contributed by atoms with Gasteiger partial charge in [0.1, 0.15) is 11.6 Å². The topological polar surface area (TPSA) is 68.5 Å². The van der Waals surface area contributed by atoms with Gasteiger partial charge in [-0.3, -0.25) is 4.90 Å². The highest BCUT2D eigenvalue weighted by Crippen LogP contribution is 2.36. The van der Waals surface area contributed by atoms with Gasteiger partial charge in [0.15, 0.2) is 5.82 Å². The fourth-order valence-corrected chi connectivity index (χ4v) is 6.62. The van der Waals surface area contributed by atoms with E-state index in [4.69, 9.17) is 24.5 Å². The molecule has 3 aromatic rings. The zero-order chi connectivity index (χ0) is 23.5. The number of hydrogen-bond donors (Lipinski definition) is 0. The molecule has 0 radical (unpaired) electrons. The van der Waals surface area contributed by atoms with E-state index in [1.54, 1.807) is 0 Å². The molecule has 4 aliphatic heterocycles. The summed E-state index contributed by atoms with van der Waals surface area (Å²) in [6.45, 7) is 9.93. The number of morpholine rings is 1. The number of likely N-dealkylation sites (tertiary alicyclic amines) is 1. The third-order valence-corrected chi connectivity index (χ3v) is 8.59. The molecule has 6 heterocycles. The lowest BCUT2D eigenvalue weighted by atomic mass is 9.85. The average Bonchev–Trinajstić information content (AvgIpc) is 3.34. The molecule has 1 aromatic carbocycles. The standard InChI is InChI=1S/C27H34N6O2/c1-17-9-20-12-28-33(25(20)10-24(17)19-5-7-31(8-6-19)23-15-35-16-23)27-11-26(29-18(2)30-27)32-21-3-4-22(32)14-34-13-21/h9-12,19,21-23H,3-8,13-16H2,1-2H3. The molecule has 35 heavy (non-hydrogen) atoms. The van der Waals surface area contributed by atoms with Gasteiger partial charge in [0, 0.05) is 11.5 Å². The van der Waals surface area contributed by atoms with Crippen molar-refractivity contribution in [2.75, 3.05) is 44.4 Å². The van der Waals surface area contributed by atoms with Gasteiger partial charge in [-0.25, -0.2) is 14.6 Å². The maximum absolute atomic E-state index is 5.80. The van der Waals surface area contributed by atoms with Gasteiger partial charge in [-0.1, -0.05) is 0 Å². The summed E-state index contributed by atoms with van der Waals surface area (Å²) in [5, 5.41) is 5.96.